The fraction of sp³-hybridized carbons (Fsp3) is 0.300. The van der Waals surface area contributed by atoms with Crippen molar-refractivity contribution in [3.63, 3.8) is 0 Å². The van der Waals surface area contributed by atoms with Crippen molar-refractivity contribution in [1.29, 1.82) is 5.26 Å². The minimum Gasteiger partial charge on any atom is -0.315 e. The molecule has 0 N–H and O–H groups in total. The van der Waals surface area contributed by atoms with E-state index in [0.717, 1.165) is 16.2 Å². The van der Waals surface area contributed by atoms with Gasteiger partial charge in [0.25, 0.3) is 5.91 Å². The Morgan fingerprint density at radius 3 is 2.33 bits per heavy atom. The molecule has 1 saturated heterocycles. The number of imide groups is 1. The molecule has 1 fully saturated rings. The maximum Gasteiger partial charge on any atom is 0.331 e. The molecule has 3 rings (SSSR count). The van der Waals surface area contributed by atoms with Gasteiger partial charge >= 0.3 is 6.03 Å². The van der Waals surface area contributed by atoms with Crippen LogP contribution in [0.25, 0.3) is 0 Å². The van der Waals surface area contributed by atoms with E-state index in [-0.39, 0.29) is 17.1 Å². The summed E-state index contributed by atoms with van der Waals surface area (Å²) in [5.41, 5.74) is 3.15. The largest absolute Gasteiger partial charge is 0.331 e. The number of carbonyl (C=O) groups excluding carboxylic acids is 2. The third-order valence-electron chi connectivity index (χ3n) is 4.28. The number of pyridine rings is 1. The number of anilines is 1. The lowest BCUT2D eigenvalue weighted by atomic mass is 10.2. The maximum absolute atomic E-state index is 12.0. The molecule has 1 atom stereocenters. The number of aromatic nitrogens is 1. The van der Waals surface area contributed by atoms with Crippen LogP contribution in [0.2, 0.25) is 5.15 Å². The van der Waals surface area contributed by atoms with E-state index < -0.39 is 6.04 Å². The number of hydrogen-bond acceptors (Lipinski definition) is 4. The van der Waals surface area contributed by atoms with E-state index in [1.54, 1.807) is 20.0 Å². The second-order valence-electron chi connectivity index (χ2n) is 6.21. The van der Waals surface area contributed by atoms with Gasteiger partial charge in [-0.2, -0.15) is 5.26 Å². The van der Waals surface area contributed by atoms with Crippen molar-refractivity contribution in [1.82, 2.24) is 9.88 Å². The Bertz CT molecular complexity index is 870. The monoisotopic (exact) mass is 384 g/mol. The average molecular weight is 385 g/mol. The van der Waals surface area contributed by atoms with Crippen LogP contribution >= 0.6 is 11.6 Å². The van der Waals surface area contributed by atoms with Crippen molar-refractivity contribution < 1.29 is 9.59 Å². The zero-order valence-electron chi connectivity index (χ0n) is 15.7. The molecule has 2 aromatic rings. The molecule has 0 aliphatic carbocycles. The number of hydrogen-bond donors (Lipinski definition) is 0. The van der Waals surface area contributed by atoms with E-state index in [0.29, 0.717) is 12.1 Å². The van der Waals surface area contributed by atoms with Crippen LogP contribution in [0, 0.1) is 18.3 Å². The molecule has 0 saturated carbocycles. The van der Waals surface area contributed by atoms with Crippen molar-refractivity contribution >= 4 is 29.2 Å². The first-order valence-corrected chi connectivity index (χ1v) is 8.90. The highest BCUT2D eigenvalue weighted by molar-refractivity contribution is 6.30. The van der Waals surface area contributed by atoms with Gasteiger partial charge in [-0.25, -0.2) is 14.7 Å². The van der Waals surface area contributed by atoms with Gasteiger partial charge in [-0.1, -0.05) is 36.2 Å². The van der Waals surface area contributed by atoms with E-state index in [1.807, 2.05) is 38.1 Å². The van der Waals surface area contributed by atoms with Crippen molar-refractivity contribution in [2.24, 2.45) is 0 Å². The standard InChI is InChI=1S/C12H14ClN3O2.C8H7N/c1-4-8-5-9(6-10(13)14-8)16-11(17)7(2)15(3)12(16)18;1-7-2-4-8(6-9)5-3-7/h5-7H,4H2,1-3H3;2-5H,1H3. The smallest absolute Gasteiger partial charge is 0.315 e. The summed E-state index contributed by atoms with van der Waals surface area (Å²) >= 11 is 5.90. The van der Waals surface area contributed by atoms with Gasteiger partial charge in [-0.3, -0.25) is 4.79 Å². The van der Waals surface area contributed by atoms with E-state index in [4.69, 9.17) is 16.9 Å². The SMILES string of the molecule is CCc1cc(N2C(=O)C(C)N(C)C2=O)cc(Cl)n1.Cc1ccc(C#N)cc1. The second-order valence-corrected chi connectivity index (χ2v) is 6.60. The Morgan fingerprint density at radius 2 is 1.85 bits per heavy atom. The number of aryl methyl sites for hydroxylation is 2. The van der Waals surface area contributed by atoms with Crippen LogP contribution in [0.1, 0.15) is 30.7 Å². The van der Waals surface area contributed by atoms with Crippen LogP contribution in [0.3, 0.4) is 0 Å². The highest BCUT2D eigenvalue weighted by Crippen LogP contribution is 2.26. The topological polar surface area (TPSA) is 77.3 Å². The minimum absolute atomic E-state index is 0.244. The second kappa shape index (κ2) is 8.65. The maximum atomic E-state index is 12.0. The number of nitriles is 1. The predicted octanol–water partition coefficient (Wildman–Crippen LogP) is 3.95. The van der Waals surface area contributed by atoms with Gasteiger partial charge in [0.2, 0.25) is 0 Å². The van der Waals surface area contributed by atoms with Crippen LogP contribution < -0.4 is 4.90 Å². The van der Waals surface area contributed by atoms with Gasteiger partial charge in [0.1, 0.15) is 11.2 Å². The molecule has 1 aromatic heterocycles. The summed E-state index contributed by atoms with van der Waals surface area (Å²) in [6, 6.07) is 12.0. The average Bonchev–Trinajstić information content (AvgIpc) is 2.85. The van der Waals surface area contributed by atoms with E-state index in [9.17, 15) is 9.59 Å². The highest BCUT2D eigenvalue weighted by atomic mass is 35.5. The van der Waals surface area contributed by atoms with E-state index >= 15 is 0 Å². The number of amides is 3. The predicted molar refractivity (Wildman–Crippen MR) is 105 cm³/mol. The van der Waals surface area contributed by atoms with Crippen LogP contribution in [-0.4, -0.2) is 34.9 Å². The number of halogens is 1. The summed E-state index contributed by atoms with van der Waals surface area (Å²) in [6.07, 6.45) is 0.690. The fourth-order valence-corrected chi connectivity index (χ4v) is 2.70. The zero-order valence-corrected chi connectivity index (χ0v) is 16.5. The number of rotatable bonds is 2. The fourth-order valence-electron chi connectivity index (χ4n) is 2.48. The molecule has 7 heteroatoms. The zero-order chi connectivity index (χ0) is 20.1. The summed E-state index contributed by atoms with van der Waals surface area (Å²) in [5, 5.41) is 8.66. The quantitative estimate of drug-likeness (QED) is 0.580. The van der Waals surface area contributed by atoms with E-state index in [1.165, 1.54) is 16.5 Å². The minimum atomic E-state index is -0.450. The molecule has 27 heavy (non-hydrogen) atoms. The Balaban J connectivity index is 0.000000244. The molecule has 1 aliphatic rings. The molecular weight excluding hydrogens is 364 g/mol. The summed E-state index contributed by atoms with van der Waals surface area (Å²) < 4.78 is 0. The van der Waals surface area contributed by atoms with Crippen LogP contribution in [0.4, 0.5) is 10.5 Å². The third kappa shape index (κ3) is 4.63. The first kappa shape index (κ1) is 20.4. The molecule has 0 radical (unpaired) electrons. The van der Waals surface area contributed by atoms with Gasteiger partial charge < -0.3 is 4.90 Å². The summed E-state index contributed by atoms with van der Waals surface area (Å²) in [4.78, 5) is 30.7. The van der Waals surface area contributed by atoms with Crippen molar-refractivity contribution in [2.45, 2.75) is 33.2 Å². The van der Waals surface area contributed by atoms with Gasteiger partial charge in [-0.05, 0) is 44.5 Å². The third-order valence-corrected chi connectivity index (χ3v) is 4.48. The lowest BCUT2D eigenvalue weighted by molar-refractivity contribution is -0.119. The van der Waals surface area contributed by atoms with Crippen LogP contribution in [0.5, 0.6) is 0 Å². The number of benzene rings is 1. The van der Waals surface area contributed by atoms with Gasteiger partial charge in [0.15, 0.2) is 0 Å². The molecule has 0 bridgehead atoms. The van der Waals surface area contributed by atoms with Gasteiger partial charge in [-0.15, -0.1) is 0 Å². The first-order chi connectivity index (χ1) is 12.8. The van der Waals surface area contributed by atoms with Crippen molar-refractivity contribution in [3.05, 3.63) is 58.4 Å². The summed E-state index contributed by atoms with van der Waals surface area (Å²) in [6.45, 7) is 5.63. The highest BCUT2D eigenvalue weighted by Gasteiger charge is 2.41. The van der Waals surface area contributed by atoms with Crippen molar-refractivity contribution in [3.8, 4) is 6.07 Å². The molecule has 1 unspecified atom stereocenters. The number of likely N-dealkylation sites (N-methyl/N-ethyl adjacent to an activating group) is 1. The molecular formula is C20H21ClN4O2. The van der Waals surface area contributed by atoms with Gasteiger partial charge in [0.05, 0.1) is 17.3 Å². The Morgan fingerprint density at radius 1 is 1.22 bits per heavy atom. The number of carbonyl (C=O) groups is 2. The molecule has 1 aliphatic heterocycles. The number of nitrogens with zero attached hydrogens (tertiary/aromatic N) is 4. The number of urea groups is 1. The first-order valence-electron chi connectivity index (χ1n) is 8.52. The van der Waals surface area contributed by atoms with Crippen LogP contribution in [-0.2, 0) is 11.2 Å². The molecule has 3 amide bonds. The molecule has 1 aromatic carbocycles. The molecule has 0 spiro atoms. The van der Waals surface area contributed by atoms with E-state index in [2.05, 4.69) is 11.1 Å². The summed E-state index contributed by atoms with van der Waals surface area (Å²) in [5.74, 6) is -0.244. The molecule has 140 valence electrons. The Labute approximate surface area is 164 Å². The van der Waals surface area contributed by atoms with Crippen molar-refractivity contribution in [2.75, 3.05) is 11.9 Å². The summed E-state index contributed by atoms with van der Waals surface area (Å²) in [7, 11) is 1.61. The molecule has 6 nitrogen and oxygen atoms in total. The Hall–Kier alpha value is -2.91. The normalized spacial score (nSPS) is 16.1. The lowest BCUT2D eigenvalue weighted by Crippen LogP contribution is -2.31. The lowest BCUT2D eigenvalue weighted by Gasteiger charge is -2.15. The Kier molecular flexibility index (Phi) is 6.54. The van der Waals surface area contributed by atoms with Crippen LogP contribution in [0.15, 0.2) is 36.4 Å². The molecule has 2 heterocycles. The van der Waals surface area contributed by atoms with Gasteiger partial charge in [0, 0.05) is 12.7 Å².